The summed E-state index contributed by atoms with van der Waals surface area (Å²) in [6.45, 7) is 2.84. The van der Waals surface area contributed by atoms with Crippen molar-refractivity contribution in [1.29, 1.82) is 0 Å². The van der Waals surface area contributed by atoms with Gasteiger partial charge in [0.2, 0.25) is 0 Å². The molecule has 0 heterocycles. The maximum absolute atomic E-state index is 5.94. The highest BCUT2D eigenvalue weighted by Gasteiger charge is 2.01. The molecule has 3 N–H and O–H groups in total. The number of ether oxygens (including phenoxy) is 1. The minimum atomic E-state index is 0.696. The highest BCUT2D eigenvalue weighted by molar-refractivity contribution is 5.68. The number of nitrogen functional groups attached to an aromatic ring is 1. The monoisotopic (exact) mass is 242 g/mol. The molecule has 18 heavy (non-hydrogen) atoms. The van der Waals surface area contributed by atoms with Gasteiger partial charge in [-0.05, 0) is 24.6 Å². The highest BCUT2D eigenvalue weighted by Crippen LogP contribution is 2.24. The summed E-state index contributed by atoms with van der Waals surface area (Å²) in [5.41, 5.74) is 10.1. The van der Waals surface area contributed by atoms with Crippen LogP contribution in [0.15, 0.2) is 42.5 Å². The lowest BCUT2D eigenvalue weighted by Gasteiger charge is -2.10. The minimum absolute atomic E-state index is 0.696. The van der Waals surface area contributed by atoms with Gasteiger partial charge in [0.15, 0.2) is 0 Å². The zero-order chi connectivity index (χ0) is 13.0. The van der Waals surface area contributed by atoms with Crippen LogP contribution in [0.25, 0.3) is 0 Å². The van der Waals surface area contributed by atoms with Gasteiger partial charge in [-0.1, -0.05) is 29.8 Å². The second kappa shape index (κ2) is 5.45. The second-order valence-electron chi connectivity index (χ2n) is 4.29. The van der Waals surface area contributed by atoms with Gasteiger partial charge in [0.25, 0.3) is 0 Å². The first-order valence-electron chi connectivity index (χ1n) is 5.92. The summed E-state index contributed by atoms with van der Waals surface area (Å²) in [5, 5.41) is 3.32. The molecule has 0 bridgehead atoms. The van der Waals surface area contributed by atoms with Crippen molar-refractivity contribution in [2.75, 3.05) is 18.2 Å². The number of methoxy groups -OCH3 is 1. The molecule has 0 aromatic heterocycles. The van der Waals surface area contributed by atoms with Crippen molar-refractivity contribution in [3.05, 3.63) is 53.6 Å². The average Bonchev–Trinajstić information content (AvgIpc) is 2.39. The number of rotatable bonds is 4. The summed E-state index contributed by atoms with van der Waals surface area (Å²) in [4.78, 5) is 0. The van der Waals surface area contributed by atoms with E-state index in [0.717, 1.165) is 18.0 Å². The van der Waals surface area contributed by atoms with Crippen molar-refractivity contribution >= 4 is 11.4 Å². The zero-order valence-electron chi connectivity index (χ0n) is 10.7. The predicted octanol–water partition coefficient (Wildman–Crippen LogP) is 3.20. The Kier molecular flexibility index (Phi) is 3.72. The Balaban J connectivity index is 2.04. The first-order chi connectivity index (χ1) is 8.69. The Bertz CT molecular complexity index is 521. The van der Waals surface area contributed by atoms with E-state index in [-0.39, 0.29) is 0 Å². The Labute approximate surface area is 108 Å². The number of benzene rings is 2. The molecule has 0 amide bonds. The van der Waals surface area contributed by atoms with Crippen molar-refractivity contribution in [1.82, 2.24) is 0 Å². The van der Waals surface area contributed by atoms with Crippen molar-refractivity contribution in [3.63, 3.8) is 0 Å². The van der Waals surface area contributed by atoms with Gasteiger partial charge in [0, 0.05) is 12.6 Å². The maximum Gasteiger partial charge on any atom is 0.121 e. The van der Waals surface area contributed by atoms with Crippen LogP contribution in [0.2, 0.25) is 0 Å². The van der Waals surface area contributed by atoms with Crippen LogP contribution in [0, 0.1) is 6.92 Å². The van der Waals surface area contributed by atoms with Crippen LogP contribution >= 0.6 is 0 Å². The van der Waals surface area contributed by atoms with Crippen molar-refractivity contribution in [3.8, 4) is 5.75 Å². The molecule has 3 nitrogen and oxygen atoms in total. The number of hydrogen-bond acceptors (Lipinski definition) is 3. The Hall–Kier alpha value is -2.16. The normalized spacial score (nSPS) is 10.1. The van der Waals surface area contributed by atoms with E-state index >= 15 is 0 Å². The van der Waals surface area contributed by atoms with Gasteiger partial charge in [-0.25, -0.2) is 0 Å². The molecule has 0 fully saturated rings. The van der Waals surface area contributed by atoms with Crippen LogP contribution < -0.4 is 15.8 Å². The van der Waals surface area contributed by atoms with Crippen molar-refractivity contribution in [2.45, 2.75) is 13.5 Å². The van der Waals surface area contributed by atoms with Gasteiger partial charge in [0.05, 0.1) is 18.5 Å². The lowest BCUT2D eigenvalue weighted by Crippen LogP contribution is -2.02. The molecular weight excluding hydrogens is 224 g/mol. The van der Waals surface area contributed by atoms with E-state index in [1.54, 1.807) is 7.11 Å². The molecule has 0 aliphatic carbocycles. The summed E-state index contributed by atoms with van der Waals surface area (Å²) in [6.07, 6.45) is 0. The van der Waals surface area contributed by atoms with Gasteiger partial charge in [0.1, 0.15) is 5.75 Å². The lowest BCUT2D eigenvalue weighted by atomic mass is 10.1. The van der Waals surface area contributed by atoms with Gasteiger partial charge in [-0.2, -0.15) is 0 Å². The van der Waals surface area contributed by atoms with Crippen LogP contribution in [0.4, 0.5) is 11.4 Å². The zero-order valence-corrected chi connectivity index (χ0v) is 10.7. The highest BCUT2D eigenvalue weighted by atomic mass is 16.5. The fourth-order valence-corrected chi connectivity index (χ4v) is 1.73. The van der Waals surface area contributed by atoms with Crippen molar-refractivity contribution in [2.24, 2.45) is 0 Å². The van der Waals surface area contributed by atoms with Crippen molar-refractivity contribution < 1.29 is 4.74 Å². The van der Waals surface area contributed by atoms with Crippen LogP contribution in [0.1, 0.15) is 11.1 Å². The third-order valence-electron chi connectivity index (χ3n) is 2.86. The van der Waals surface area contributed by atoms with Crippen LogP contribution in [0.3, 0.4) is 0 Å². The minimum Gasteiger partial charge on any atom is -0.497 e. The molecule has 2 aromatic rings. The number of aryl methyl sites for hydroxylation is 1. The second-order valence-corrected chi connectivity index (χ2v) is 4.29. The lowest BCUT2D eigenvalue weighted by molar-refractivity contribution is 0.415. The Morgan fingerprint density at radius 1 is 1.11 bits per heavy atom. The molecule has 0 saturated heterocycles. The number of nitrogens with one attached hydrogen (secondary N) is 1. The third-order valence-corrected chi connectivity index (χ3v) is 2.86. The fourth-order valence-electron chi connectivity index (χ4n) is 1.73. The standard InChI is InChI=1S/C15H18N2O/c1-11-3-5-12(6-4-11)10-17-15-8-7-13(18-2)9-14(15)16/h3-9,17H,10,16H2,1-2H3. The SMILES string of the molecule is COc1ccc(NCc2ccc(C)cc2)c(N)c1. The molecule has 2 aromatic carbocycles. The molecule has 3 heteroatoms. The van der Waals surface area contributed by atoms with E-state index in [0.29, 0.717) is 5.69 Å². The van der Waals surface area contributed by atoms with E-state index < -0.39 is 0 Å². The molecule has 0 unspecified atom stereocenters. The topological polar surface area (TPSA) is 47.3 Å². The molecular formula is C15H18N2O. The molecule has 0 spiro atoms. The van der Waals surface area contributed by atoms with E-state index in [2.05, 4.69) is 36.5 Å². The summed E-state index contributed by atoms with van der Waals surface area (Å²) in [6, 6.07) is 14.1. The van der Waals surface area contributed by atoms with E-state index in [4.69, 9.17) is 10.5 Å². The van der Waals surface area contributed by atoms with E-state index in [9.17, 15) is 0 Å². The summed E-state index contributed by atoms with van der Waals surface area (Å²) >= 11 is 0. The van der Waals surface area contributed by atoms with Gasteiger partial charge < -0.3 is 15.8 Å². The summed E-state index contributed by atoms with van der Waals surface area (Å²) < 4.78 is 5.12. The van der Waals surface area contributed by atoms with E-state index in [1.807, 2.05) is 18.2 Å². The number of hydrogen-bond donors (Lipinski definition) is 2. The first kappa shape index (κ1) is 12.3. The van der Waals surface area contributed by atoms with Crippen LogP contribution in [0.5, 0.6) is 5.75 Å². The molecule has 0 aliphatic rings. The predicted molar refractivity (Wildman–Crippen MR) is 75.9 cm³/mol. The molecule has 94 valence electrons. The van der Waals surface area contributed by atoms with Gasteiger partial charge in [-0.3, -0.25) is 0 Å². The number of anilines is 2. The maximum atomic E-state index is 5.94. The summed E-state index contributed by atoms with van der Waals surface area (Å²) in [7, 11) is 1.63. The molecule has 0 saturated carbocycles. The van der Waals surface area contributed by atoms with E-state index in [1.165, 1.54) is 11.1 Å². The van der Waals surface area contributed by atoms with Gasteiger partial charge >= 0.3 is 0 Å². The fraction of sp³-hybridized carbons (Fsp3) is 0.200. The molecule has 0 radical (unpaired) electrons. The quantitative estimate of drug-likeness (QED) is 0.809. The molecule has 0 atom stereocenters. The van der Waals surface area contributed by atoms with Crippen LogP contribution in [-0.2, 0) is 6.54 Å². The largest absolute Gasteiger partial charge is 0.497 e. The Morgan fingerprint density at radius 2 is 1.83 bits per heavy atom. The first-order valence-corrected chi connectivity index (χ1v) is 5.92. The number of nitrogens with two attached hydrogens (primary N) is 1. The third kappa shape index (κ3) is 2.94. The van der Waals surface area contributed by atoms with Gasteiger partial charge in [-0.15, -0.1) is 0 Å². The summed E-state index contributed by atoms with van der Waals surface area (Å²) in [5.74, 6) is 0.772. The molecule has 2 rings (SSSR count). The Morgan fingerprint density at radius 3 is 2.44 bits per heavy atom. The van der Waals surface area contributed by atoms with Crippen LogP contribution in [-0.4, -0.2) is 7.11 Å². The average molecular weight is 242 g/mol. The smallest absolute Gasteiger partial charge is 0.121 e. The molecule has 0 aliphatic heterocycles.